The molecular formula is C21H21N3O4S. The van der Waals surface area contributed by atoms with Crippen LogP contribution in [0.5, 0.6) is 5.75 Å². The van der Waals surface area contributed by atoms with Crippen LogP contribution in [0.1, 0.15) is 11.1 Å². The standard InChI is InChI=1S/C21H21N3O4S/c1-23(2)29(26,27)15-6-7-19-17(11-15)18(21(25)22-19)9-13-12-24(3)20-8-5-14(28-4)10-16(13)20/h5-12H,1-4H3,(H,22,25)/b18-9-. The van der Waals surface area contributed by atoms with Gasteiger partial charge in [-0.25, -0.2) is 12.7 Å². The Bertz CT molecular complexity index is 1290. The lowest BCUT2D eigenvalue weighted by atomic mass is 10.0. The van der Waals surface area contributed by atoms with E-state index in [0.29, 0.717) is 16.8 Å². The first-order chi connectivity index (χ1) is 13.7. The number of carbonyl (C=O) groups excluding carboxylic acids is 1. The van der Waals surface area contributed by atoms with Gasteiger partial charge < -0.3 is 14.6 Å². The van der Waals surface area contributed by atoms with Gasteiger partial charge >= 0.3 is 0 Å². The van der Waals surface area contributed by atoms with Crippen LogP contribution in [0.15, 0.2) is 47.5 Å². The second kappa shape index (κ2) is 6.75. The van der Waals surface area contributed by atoms with Crippen molar-refractivity contribution >= 4 is 44.2 Å². The van der Waals surface area contributed by atoms with Gasteiger partial charge in [-0.05, 0) is 42.5 Å². The molecule has 0 saturated heterocycles. The second-order valence-corrected chi connectivity index (χ2v) is 9.24. The van der Waals surface area contributed by atoms with Gasteiger partial charge in [0, 0.05) is 60.6 Å². The van der Waals surface area contributed by atoms with E-state index in [9.17, 15) is 13.2 Å². The summed E-state index contributed by atoms with van der Waals surface area (Å²) < 4.78 is 33.5. The topological polar surface area (TPSA) is 80.6 Å². The van der Waals surface area contributed by atoms with Crippen molar-refractivity contribution in [2.24, 2.45) is 7.05 Å². The van der Waals surface area contributed by atoms with E-state index in [1.54, 1.807) is 25.3 Å². The fraction of sp³-hybridized carbons (Fsp3) is 0.190. The maximum atomic E-state index is 12.6. The SMILES string of the molecule is COc1ccc2c(c1)c(/C=C1\C(=O)Nc3ccc(S(=O)(=O)N(C)C)cc31)cn2C. The first kappa shape index (κ1) is 19.2. The highest BCUT2D eigenvalue weighted by Crippen LogP contribution is 2.36. The lowest BCUT2D eigenvalue weighted by Gasteiger charge is -2.12. The van der Waals surface area contributed by atoms with Gasteiger partial charge in [-0.3, -0.25) is 4.79 Å². The number of rotatable bonds is 4. The number of ether oxygens (including phenoxy) is 1. The third-order valence-corrected chi connectivity index (χ3v) is 6.89. The van der Waals surface area contributed by atoms with Crippen molar-refractivity contribution in [1.82, 2.24) is 8.87 Å². The Labute approximate surface area is 169 Å². The highest BCUT2D eigenvalue weighted by Gasteiger charge is 2.27. The number of sulfonamides is 1. The number of hydrogen-bond donors (Lipinski definition) is 1. The van der Waals surface area contributed by atoms with E-state index >= 15 is 0 Å². The fourth-order valence-electron chi connectivity index (χ4n) is 3.48. The Morgan fingerprint density at radius 3 is 2.59 bits per heavy atom. The fourth-order valence-corrected chi connectivity index (χ4v) is 4.41. The first-order valence-electron chi connectivity index (χ1n) is 8.95. The summed E-state index contributed by atoms with van der Waals surface area (Å²) in [6.45, 7) is 0. The number of aryl methyl sites for hydroxylation is 1. The van der Waals surface area contributed by atoms with Gasteiger partial charge in [0.05, 0.1) is 12.0 Å². The Morgan fingerprint density at radius 1 is 1.14 bits per heavy atom. The Hall–Kier alpha value is -3.10. The van der Waals surface area contributed by atoms with Crippen LogP contribution in [0.3, 0.4) is 0 Å². The molecule has 2 heterocycles. The quantitative estimate of drug-likeness (QED) is 0.670. The number of carbonyl (C=O) groups is 1. The summed E-state index contributed by atoms with van der Waals surface area (Å²) in [6, 6.07) is 10.4. The van der Waals surface area contributed by atoms with Gasteiger partial charge in [0.2, 0.25) is 10.0 Å². The van der Waals surface area contributed by atoms with Crippen molar-refractivity contribution in [3.05, 3.63) is 53.7 Å². The van der Waals surface area contributed by atoms with Gasteiger partial charge in [-0.2, -0.15) is 0 Å². The number of aromatic nitrogens is 1. The van der Waals surface area contributed by atoms with Gasteiger partial charge in [0.1, 0.15) is 5.75 Å². The third kappa shape index (κ3) is 3.10. The van der Waals surface area contributed by atoms with Crippen LogP contribution in [0.4, 0.5) is 5.69 Å². The summed E-state index contributed by atoms with van der Waals surface area (Å²) in [4.78, 5) is 12.8. The predicted octanol–water partition coefficient (Wildman–Crippen LogP) is 2.93. The van der Waals surface area contributed by atoms with Gasteiger partial charge in [-0.1, -0.05) is 0 Å². The molecule has 1 N–H and O–H groups in total. The zero-order chi connectivity index (χ0) is 20.9. The monoisotopic (exact) mass is 411 g/mol. The highest BCUT2D eigenvalue weighted by molar-refractivity contribution is 7.89. The summed E-state index contributed by atoms with van der Waals surface area (Å²) in [7, 11) is 2.89. The molecule has 29 heavy (non-hydrogen) atoms. The molecule has 3 aromatic rings. The second-order valence-electron chi connectivity index (χ2n) is 7.09. The van der Waals surface area contributed by atoms with Crippen molar-refractivity contribution in [3.8, 4) is 5.75 Å². The largest absolute Gasteiger partial charge is 0.497 e. The lowest BCUT2D eigenvalue weighted by molar-refractivity contribution is -0.110. The van der Waals surface area contributed by atoms with Crippen LogP contribution in [0.25, 0.3) is 22.6 Å². The van der Waals surface area contributed by atoms with E-state index in [4.69, 9.17) is 4.74 Å². The number of benzene rings is 2. The number of anilines is 1. The molecule has 1 aliphatic rings. The molecule has 1 aliphatic heterocycles. The third-order valence-electron chi connectivity index (χ3n) is 5.08. The van der Waals surface area contributed by atoms with Crippen molar-refractivity contribution in [3.63, 3.8) is 0 Å². The molecule has 0 bridgehead atoms. The van der Waals surface area contributed by atoms with Crippen molar-refractivity contribution in [2.45, 2.75) is 4.90 Å². The van der Waals surface area contributed by atoms with E-state index in [2.05, 4.69) is 5.32 Å². The van der Waals surface area contributed by atoms with Crippen LogP contribution in [0, 0.1) is 0 Å². The normalized spacial score (nSPS) is 15.2. The minimum atomic E-state index is -3.61. The minimum Gasteiger partial charge on any atom is -0.497 e. The van der Waals surface area contributed by atoms with Crippen LogP contribution in [0.2, 0.25) is 0 Å². The minimum absolute atomic E-state index is 0.142. The van der Waals surface area contributed by atoms with E-state index in [0.717, 1.165) is 26.5 Å². The maximum Gasteiger partial charge on any atom is 0.256 e. The number of fused-ring (bicyclic) bond motifs is 2. The molecule has 1 amide bonds. The highest BCUT2D eigenvalue weighted by atomic mass is 32.2. The van der Waals surface area contributed by atoms with Gasteiger partial charge in [0.15, 0.2) is 0 Å². The predicted molar refractivity (Wildman–Crippen MR) is 113 cm³/mol. The molecular weight excluding hydrogens is 390 g/mol. The maximum absolute atomic E-state index is 12.6. The van der Waals surface area contributed by atoms with E-state index in [-0.39, 0.29) is 10.8 Å². The first-order valence-corrected chi connectivity index (χ1v) is 10.4. The molecule has 0 radical (unpaired) electrons. The molecule has 0 unspecified atom stereocenters. The lowest BCUT2D eigenvalue weighted by Crippen LogP contribution is -2.22. The summed E-state index contributed by atoms with van der Waals surface area (Å²) in [5.41, 5.74) is 3.43. The Kier molecular flexibility index (Phi) is 4.48. The molecule has 0 fully saturated rings. The summed E-state index contributed by atoms with van der Waals surface area (Å²) in [5.74, 6) is 0.457. The van der Waals surface area contributed by atoms with Crippen molar-refractivity contribution in [2.75, 3.05) is 26.5 Å². The van der Waals surface area contributed by atoms with Crippen LogP contribution < -0.4 is 10.1 Å². The number of hydrogen-bond acceptors (Lipinski definition) is 4. The van der Waals surface area contributed by atoms with Crippen LogP contribution in [-0.4, -0.2) is 44.4 Å². The molecule has 0 spiro atoms. The molecule has 0 saturated carbocycles. The molecule has 1 aromatic heterocycles. The van der Waals surface area contributed by atoms with Crippen LogP contribution in [-0.2, 0) is 21.9 Å². The van der Waals surface area contributed by atoms with E-state index in [1.165, 1.54) is 20.2 Å². The van der Waals surface area contributed by atoms with Crippen molar-refractivity contribution in [1.29, 1.82) is 0 Å². The number of nitrogens with one attached hydrogen (secondary N) is 1. The zero-order valence-electron chi connectivity index (χ0n) is 16.6. The van der Waals surface area contributed by atoms with Crippen LogP contribution >= 0.6 is 0 Å². The molecule has 0 aliphatic carbocycles. The Morgan fingerprint density at radius 2 is 1.90 bits per heavy atom. The summed E-state index contributed by atoms with van der Waals surface area (Å²) in [6.07, 6.45) is 3.72. The molecule has 0 atom stereocenters. The molecule has 150 valence electrons. The van der Waals surface area contributed by atoms with E-state index in [1.807, 2.05) is 36.0 Å². The van der Waals surface area contributed by atoms with Gasteiger partial charge in [0.25, 0.3) is 5.91 Å². The summed E-state index contributed by atoms with van der Waals surface area (Å²) >= 11 is 0. The average Bonchev–Trinajstić information content (AvgIpc) is 3.17. The zero-order valence-corrected chi connectivity index (χ0v) is 17.4. The summed E-state index contributed by atoms with van der Waals surface area (Å²) in [5, 5.41) is 3.75. The molecule has 7 nitrogen and oxygen atoms in total. The molecule has 8 heteroatoms. The average molecular weight is 411 g/mol. The molecule has 4 rings (SSSR count). The van der Waals surface area contributed by atoms with Gasteiger partial charge in [-0.15, -0.1) is 0 Å². The Balaban J connectivity index is 1.89. The van der Waals surface area contributed by atoms with E-state index < -0.39 is 10.0 Å². The number of methoxy groups -OCH3 is 1. The smallest absolute Gasteiger partial charge is 0.256 e. The van der Waals surface area contributed by atoms with Crippen molar-refractivity contribution < 1.29 is 17.9 Å². The number of nitrogens with zero attached hydrogens (tertiary/aromatic N) is 2. The molecule has 2 aromatic carbocycles. The number of amides is 1.